The number of pyridine rings is 1. The third-order valence-electron chi connectivity index (χ3n) is 5.08. The van der Waals surface area contributed by atoms with Gasteiger partial charge in [0, 0.05) is 49.6 Å². The van der Waals surface area contributed by atoms with Crippen molar-refractivity contribution < 1.29 is 9.47 Å². The van der Waals surface area contributed by atoms with Crippen molar-refractivity contribution in [1.82, 2.24) is 14.8 Å². The molecule has 4 rings (SSSR count). The molecule has 3 heterocycles. The number of methoxy groups -OCH3 is 1. The van der Waals surface area contributed by atoms with Crippen molar-refractivity contribution in [3.63, 3.8) is 0 Å². The zero-order chi connectivity index (χ0) is 17.9. The lowest BCUT2D eigenvalue weighted by Crippen LogP contribution is -2.29. The topological polar surface area (TPSA) is 61.2 Å². The van der Waals surface area contributed by atoms with Crippen LogP contribution in [0.25, 0.3) is 10.8 Å². The average molecular weight is 352 g/mol. The van der Waals surface area contributed by atoms with E-state index in [-0.39, 0.29) is 6.10 Å². The maximum absolute atomic E-state index is 6.08. The summed E-state index contributed by atoms with van der Waals surface area (Å²) in [6, 6.07) is 10.3. The van der Waals surface area contributed by atoms with Gasteiger partial charge >= 0.3 is 0 Å². The molecule has 6 nitrogen and oxygen atoms in total. The molecule has 0 amide bonds. The summed E-state index contributed by atoms with van der Waals surface area (Å²) in [4.78, 5) is 4.25. The highest BCUT2D eigenvalue weighted by molar-refractivity contribution is 5.89. The molecule has 0 aliphatic carbocycles. The van der Waals surface area contributed by atoms with Crippen LogP contribution in [-0.2, 0) is 11.8 Å². The molecule has 0 bridgehead atoms. The molecule has 26 heavy (non-hydrogen) atoms. The van der Waals surface area contributed by atoms with E-state index in [1.807, 2.05) is 24.0 Å². The van der Waals surface area contributed by atoms with Gasteiger partial charge in [0.2, 0.25) is 5.88 Å². The van der Waals surface area contributed by atoms with Crippen molar-refractivity contribution in [2.45, 2.75) is 18.9 Å². The molecule has 1 aliphatic rings. The fraction of sp³-hybridized carbons (Fsp3) is 0.400. The lowest BCUT2D eigenvalue weighted by Gasteiger charge is -2.32. The number of aryl methyl sites for hydroxylation is 1. The molecule has 2 atom stereocenters. The summed E-state index contributed by atoms with van der Waals surface area (Å²) in [6.07, 6.45) is 5.95. The Balaban J connectivity index is 1.50. The Morgan fingerprint density at radius 2 is 2.19 bits per heavy atom. The summed E-state index contributed by atoms with van der Waals surface area (Å²) in [5, 5.41) is 10.0. The first-order valence-electron chi connectivity index (χ1n) is 9.02. The van der Waals surface area contributed by atoms with E-state index in [1.54, 1.807) is 13.3 Å². The number of aromatic nitrogens is 3. The molecule has 0 spiro atoms. The molecule has 2 aromatic heterocycles. The first-order chi connectivity index (χ1) is 12.8. The second-order valence-electron chi connectivity index (χ2n) is 6.71. The number of hydrogen-bond donors (Lipinski definition) is 1. The predicted molar refractivity (Wildman–Crippen MR) is 101 cm³/mol. The van der Waals surface area contributed by atoms with Gasteiger partial charge in [0.05, 0.1) is 12.8 Å². The van der Waals surface area contributed by atoms with Crippen LogP contribution in [0, 0.1) is 5.92 Å². The van der Waals surface area contributed by atoms with E-state index in [1.165, 1.54) is 0 Å². The Hall–Kier alpha value is -2.60. The zero-order valence-electron chi connectivity index (χ0n) is 15.2. The van der Waals surface area contributed by atoms with Crippen LogP contribution in [-0.4, -0.2) is 35.0 Å². The number of nitrogens with one attached hydrogen (secondary N) is 1. The van der Waals surface area contributed by atoms with Crippen LogP contribution in [0.15, 0.2) is 42.7 Å². The number of fused-ring (bicyclic) bond motifs is 1. The molecule has 136 valence electrons. The number of rotatable bonds is 5. The van der Waals surface area contributed by atoms with Gasteiger partial charge in [0.25, 0.3) is 0 Å². The molecule has 6 heteroatoms. The van der Waals surface area contributed by atoms with Crippen LogP contribution in [0.1, 0.15) is 24.6 Å². The average Bonchev–Trinajstić information content (AvgIpc) is 3.11. The van der Waals surface area contributed by atoms with Crippen molar-refractivity contribution in [2.24, 2.45) is 13.0 Å². The van der Waals surface area contributed by atoms with Crippen LogP contribution >= 0.6 is 0 Å². The van der Waals surface area contributed by atoms with E-state index < -0.39 is 0 Å². The third kappa shape index (κ3) is 3.24. The summed E-state index contributed by atoms with van der Waals surface area (Å²) in [6.45, 7) is 1.68. The highest BCUT2D eigenvalue weighted by Crippen LogP contribution is 2.34. The number of benzene rings is 1. The van der Waals surface area contributed by atoms with Crippen LogP contribution in [0.3, 0.4) is 0 Å². The van der Waals surface area contributed by atoms with Gasteiger partial charge in [-0.3, -0.25) is 4.68 Å². The van der Waals surface area contributed by atoms with E-state index in [4.69, 9.17) is 9.47 Å². The van der Waals surface area contributed by atoms with Crippen molar-refractivity contribution in [3.8, 4) is 5.88 Å². The summed E-state index contributed by atoms with van der Waals surface area (Å²) >= 11 is 0. The minimum absolute atomic E-state index is 0.0912. The summed E-state index contributed by atoms with van der Waals surface area (Å²) in [5.41, 5.74) is 2.24. The Morgan fingerprint density at radius 3 is 3.00 bits per heavy atom. The monoisotopic (exact) mass is 352 g/mol. The maximum Gasteiger partial charge on any atom is 0.221 e. The van der Waals surface area contributed by atoms with Crippen molar-refractivity contribution >= 4 is 16.5 Å². The molecule has 0 unspecified atom stereocenters. The quantitative estimate of drug-likeness (QED) is 0.761. The van der Waals surface area contributed by atoms with E-state index in [0.29, 0.717) is 11.8 Å². The Labute approximate surface area is 153 Å². The van der Waals surface area contributed by atoms with E-state index >= 15 is 0 Å². The van der Waals surface area contributed by atoms with Crippen molar-refractivity contribution in [1.29, 1.82) is 0 Å². The number of nitrogens with zero attached hydrogens (tertiary/aromatic N) is 3. The number of anilines is 1. The fourth-order valence-corrected chi connectivity index (χ4v) is 3.71. The molecule has 1 N–H and O–H groups in total. The van der Waals surface area contributed by atoms with Crippen LogP contribution < -0.4 is 10.1 Å². The molecule has 1 aromatic carbocycles. The maximum atomic E-state index is 6.08. The summed E-state index contributed by atoms with van der Waals surface area (Å²) in [5.74, 6) is 1.08. The van der Waals surface area contributed by atoms with Gasteiger partial charge in [0.1, 0.15) is 6.10 Å². The lowest BCUT2D eigenvalue weighted by atomic mass is 9.92. The zero-order valence-corrected chi connectivity index (χ0v) is 15.2. The highest BCUT2D eigenvalue weighted by Gasteiger charge is 2.29. The van der Waals surface area contributed by atoms with E-state index in [2.05, 4.69) is 39.7 Å². The van der Waals surface area contributed by atoms with Gasteiger partial charge in [-0.15, -0.1) is 0 Å². The summed E-state index contributed by atoms with van der Waals surface area (Å²) in [7, 11) is 3.62. The molecular weight excluding hydrogens is 328 g/mol. The van der Waals surface area contributed by atoms with Gasteiger partial charge < -0.3 is 14.8 Å². The largest absolute Gasteiger partial charge is 0.481 e. The Kier molecular flexibility index (Phi) is 4.75. The number of hydrogen-bond acceptors (Lipinski definition) is 5. The second kappa shape index (κ2) is 7.33. The second-order valence-corrected chi connectivity index (χ2v) is 6.71. The van der Waals surface area contributed by atoms with Gasteiger partial charge in [-0.05, 0) is 48.6 Å². The van der Waals surface area contributed by atoms with E-state index in [0.717, 1.165) is 48.1 Å². The van der Waals surface area contributed by atoms with Crippen LogP contribution in [0.5, 0.6) is 5.88 Å². The van der Waals surface area contributed by atoms with Crippen LogP contribution in [0.2, 0.25) is 0 Å². The predicted octanol–water partition coefficient (Wildman–Crippen LogP) is 3.56. The standard InChI is InChI=1S/C20H24N4O2/c1-24-18(8-10-23-24)19-15(4-3-11-26-19)13-22-16-5-6-17-14(12-16)7-9-21-20(17)25-2/h5-10,12,15,19,22H,3-4,11,13H2,1-2H3/t15-,19+/m0/s1. The lowest BCUT2D eigenvalue weighted by molar-refractivity contribution is -0.0284. The SMILES string of the molecule is COc1nccc2cc(NC[C@@H]3CCCO[C@H]3c3ccnn3C)ccc12. The molecule has 0 radical (unpaired) electrons. The summed E-state index contributed by atoms with van der Waals surface area (Å²) < 4.78 is 13.3. The molecular formula is C20H24N4O2. The van der Waals surface area contributed by atoms with Crippen molar-refractivity contribution in [2.75, 3.05) is 25.6 Å². The number of ether oxygens (including phenoxy) is 2. The molecule has 0 saturated carbocycles. The normalized spacial score (nSPS) is 20.2. The van der Waals surface area contributed by atoms with Crippen molar-refractivity contribution in [3.05, 3.63) is 48.4 Å². The minimum atomic E-state index is 0.0912. The molecule has 1 aliphatic heterocycles. The first-order valence-corrected chi connectivity index (χ1v) is 9.02. The van der Waals surface area contributed by atoms with Crippen LogP contribution in [0.4, 0.5) is 5.69 Å². The van der Waals surface area contributed by atoms with Gasteiger partial charge in [0.15, 0.2) is 0 Å². The fourth-order valence-electron chi connectivity index (χ4n) is 3.71. The minimum Gasteiger partial charge on any atom is -0.481 e. The highest BCUT2D eigenvalue weighted by atomic mass is 16.5. The molecule has 3 aromatic rings. The van der Waals surface area contributed by atoms with Gasteiger partial charge in [-0.1, -0.05) is 0 Å². The Bertz CT molecular complexity index is 892. The van der Waals surface area contributed by atoms with Gasteiger partial charge in [-0.2, -0.15) is 5.10 Å². The van der Waals surface area contributed by atoms with E-state index in [9.17, 15) is 0 Å². The molecule has 1 saturated heterocycles. The third-order valence-corrected chi connectivity index (χ3v) is 5.08. The molecule has 1 fully saturated rings. The first kappa shape index (κ1) is 16.8. The van der Waals surface area contributed by atoms with Gasteiger partial charge in [-0.25, -0.2) is 4.98 Å². The Morgan fingerprint density at radius 1 is 1.27 bits per heavy atom. The smallest absolute Gasteiger partial charge is 0.221 e.